The van der Waals surface area contributed by atoms with Crippen LogP contribution in [-0.4, -0.2) is 17.2 Å². The number of benzene rings is 2. The molecule has 0 aliphatic carbocycles. The molecular formula is C18H10ClF3N2O5. The minimum Gasteiger partial charge on any atom is -0.451 e. The van der Waals surface area contributed by atoms with E-state index in [1.807, 2.05) is 0 Å². The SMILES string of the molecule is O=C(Nc1ccc(OC(F)(F)F)cc1)c1ccc(-c2ccc([N+](=O)[O-])cc2Cl)o1. The van der Waals surface area contributed by atoms with Crippen LogP contribution >= 0.6 is 11.6 Å². The van der Waals surface area contributed by atoms with Crippen molar-refractivity contribution in [1.29, 1.82) is 0 Å². The van der Waals surface area contributed by atoms with E-state index in [1.165, 1.54) is 36.4 Å². The summed E-state index contributed by atoms with van der Waals surface area (Å²) in [5.41, 5.74) is 0.377. The third-order valence-corrected chi connectivity index (χ3v) is 3.92. The topological polar surface area (TPSA) is 94.6 Å². The normalized spacial score (nSPS) is 11.2. The van der Waals surface area contributed by atoms with Gasteiger partial charge in [-0.15, -0.1) is 13.2 Å². The van der Waals surface area contributed by atoms with Crippen LogP contribution in [0, 0.1) is 10.1 Å². The van der Waals surface area contributed by atoms with Crippen molar-refractivity contribution in [2.24, 2.45) is 0 Å². The number of nitrogens with one attached hydrogen (secondary N) is 1. The van der Waals surface area contributed by atoms with Gasteiger partial charge in [-0.25, -0.2) is 0 Å². The number of hydrogen-bond acceptors (Lipinski definition) is 5. The third-order valence-electron chi connectivity index (χ3n) is 3.60. The van der Waals surface area contributed by atoms with Crippen molar-refractivity contribution in [3.63, 3.8) is 0 Å². The van der Waals surface area contributed by atoms with E-state index in [2.05, 4.69) is 10.1 Å². The molecule has 0 fully saturated rings. The Morgan fingerprint density at radius 1 is 1.10 bits per heavy atom. The Kier molecular flexibility index (Phi) is 5.46. The van der Waals surface area contributed by atoms with Crippen molar-refractivity contribution in [2.75, 3.05) is 5.32 Å². The van der Waals surface area contributed by atoms with Gasteiger partial charge in [0, 0.05) is 23.4 Å². The number of rotatable bonds is 5. The Labute approximate surface area is 165 Å². The van der Waals surface area contributed by atoms with Gasteiger partial charge in [-0.2, -0.15) is 0 Å². The summed E-state index contributed by atoms with van der Waals surface area (Å²) in [4.78, 5) is 22.4. The fraction of sp³-hybridized carbons (Fsp3) is 0.0556. The molecule has 3 rings (SSSR count). The van der Waals surface area contributed by atoms with Gasteiger partial charge in [-0.1, -0.05) is 11.6 Å². The molecular weight excluding hydrogens is 417 g/mol. The van der Waals surface area contributed by atoms with Crippen LogP contribution in [0.25, 0.3) is 11.3 Å². The van der Waals surface area contributed by atoms with E-state index in [1.54, 1.807) is 0 Å². The maximum absolute atomic E-state index is 12.3. The second kappa shape index (κ2) is 7.84. The Bertz CT molecular complexity index is 1060. The molecule has 0 saturated heterocycles. The number of carbonyl (C=O) groups is 1. The number of hydrogen-bond donors (Lipinski definition) is 1. The minimum absolute atomic E-state index is 0.0701. The molecule has 0 bridgehead atoms. The average molecular weight is 427 g/mol. The first-order valence-electron chi connectivity index (χ1n) is 7.84. The summed E-state index contributed by atoms with van der Waals surface area (Å²) >= 11 is 6.03. The van der Waals surface area contributed by atoms with Crippen LogP contribution in [0.3, 0.4) is 0 Å². The zero-order chi connectivity index (χ0) is 21.2. The summed E-state index contributed by atoms with van der Waals surface area (Å²) in [6, 6.07) is 11.2. The van der Waals surface area contributed by atoms with Gasteiger partial charge in [0.25, 0.3) is 11.6 Å². The summed E-state index contributed by atoms with van der Waals surface area (Å²) in [6.07, 6.45) is -4.81. The van der Waals surface area contributed by atoms with Crippen LogP contribution in [0.4, 0.5) is 24.5 Å². The smallest absolute Gasteiger partial charge is 0.451 e. The minimum atomic E-state index is -4.81. The second-order valence-electron chi connectivity index (χ2n) is 5.61. The highest BCUT2D eigenvalue weighted by Crippen LogP contribution is 2.32. The molecule has 0 spiro atoms. The lowest BCUT2D eigenvalue weighted by Crippen LogP contribution is -2.17. The van der Waals surface area contributed by atoms with E-state index in [4.69, 9.17) is 16.0 Å². The first-order valence-corrected chi connectivity index (χ1v) is 8.21. The summed E-state index contributed by atoms with van der Waals surface area (Å²) in [7, 11) is 0. The summed E-state index contributed by atoms with van der Waals surface area (Å²) < 4.78 is 45.7. The van der Waals surface area contributed by atoms with Gasteiger partial charge in [0.15, 0.2) is 5.76 Å². The Hall–Kier alpha value is -3.53. The Morgan fingerprint density at radius 2 is 1.79 bits per heavy atom. The van der Waals surface area contributed by atoms with Crippen molar-refractivity contribution in [2.45, 2.75) is 6.36 Å². The maximum Gasteiger partial charge on any atom is 0.573 e. The van der Waals surface area contributed by atoms with E-state index >= 15 is 0 Å². The number of halogens is 4. The highest BCUT2D eigenvalue weighted by atomic mass is 35.5. The molecule has 0 saturated carbocycles. The fourth-order valence-corrected chi connectivity index (χ4v) is 2.62. The summed E-state index contributed by atoms with van der Waals surface area (Å²) in [5, 5.41) is 13.3. The number of carbonyl (C=O) groups excluding carboxylic acids is 1. The predicted molar refractivity (Wildman–Crippen MR) is 96.9 cm³/mol. The standard InChI is InChI=1S/C18H10ClF3N2O5/c19-14-9-11(24(26)27)3-6-13(14)15-7-8-16(28-15)17(25)23-10-1-4-12(5-2-10)29-18(20,21)22/h1-9H,(H,23,25). The molecule has 0 unspecified atom stereocenters. The lowest BCUT2D eigenvalue weighted by Gasteiger charge is -2.09. The van der Waals surface area contributed by atoms with Crippen molar-refractivity contribution < 1.29 is 32.0 Å². The number of anilines is 1. The van der Waals surface area contributed by atoms with Crippen molar-refractivity contribution in [3.05, 3.63) is 75.5 Å². The third kappa shape index (κ3) is 5.05. The molecule has 0 radical (unpaired) electrons. The van der Waals surface area contributed by atoms with E-state index in [0.29, 0.717) is 5.56 Å². The first-order chi connectivity index (χ1) is 13.6. The number of furan rings is 1. The monoisotopic (exact) mass is 426 g/mol. The molecule has 1 aromatic heterocycles. The van der Waals surface area contributed by atoms with Gasteiger partial charge in [-0.05, 0) is 42.5 Å². The molecule has 1 amide bonds. The molecule has 0 atom stereocenters. The van der Waals surface area contributed by atoms with Crippen molar-refractivity contribution >= 4 is 28.9 Å². The summed E-state index contributed by atoms with van der Waals surface area (Å²) in [6.45, 7) is 0. The zero-order valence-corrected chi connectivity index (χ0v) is 15.0. The van der Waals surface area contributed by atoms with Crippen LogP contribution in [0.5, 0.6) is 5.75 Å². The van der Waals surface area contributed by atoms with Crippen molar-refractivity contribution in [1.82, 2.24) is 0 Å². The van der Waals surface area contributed by atoms with Gasteiger partial charge in [-0.3, -0.25) is 14.9 Å². The molecule has 150 valence electrons. The molecule has 7 nitrogen and oxygen atoms in total. The molecule has 29 heavy (non-hydrogen) atoms. The van der Waals surface area contributed by atoms with Crippen LogP contribution in [-0.2, 0) is 0 Å². The van der Waals surface area contributed by atoms with Gasteiger partial charge in [0.05, 0.1) is 9.95 Å². The van der Waals surface area contributed by atoms with E-state index in [-0.39, 0.29) is 27.9 Å². The maximum atomic E-state index is 12.3. The van der Waals surface area contributed by atoms with E-state index in [0.717, 1.165) is 18.2 Å². The van der Waals surface area contributed by atoms with Crippen LogP contribution < -0.4 is 10.1 Å². The van der Waals surface area contributed by atoms with Gasteiger partial charge in [0.2, 0.25) is 0 Å². The fourth-order valence-electron chi connectivity index (χ4n) is 2.35. The predicted octanol–water partition coefficient (Wildman–Crippen LogP) is 5.66. The van der Waals surface area contributed by atoms with Crippen LogP contribution in [0.1, 0.15) is 10.6 Å². The van der Waals surface area contributed by atoms with Gasteiger partial charge < -0.3 is 14.5 Å². The quantitative estimate of drug-likeness (QED) is 0.419. The largest absolute Gasteiger partial charge is 0.573 e. The molecule has 11 heteroatoms. The highest BCUT2D eigenvalue weighted by molar-refractivity contribution is 6.33. The number of nitro benzene ring substituents is 1. The number of amides is 1. The lowest BCUT2D eigenvalue weighted by molar-refractivity contribution is -0.384. The van der Waals surface area contributed by atoms with Crippen LogP contribution in [0.2, 0.25) is 5.02 Å². The molecule has 0 aliphatic heterocycles. The van der Waals surface area contributed by atoms with E-state index < -0.39 is 22.9 Å². The molecule has 0 aliphatic rings. The Balaban J connectivity index is 1.72. The number of alkyl halides is 3. The molecule has 2 aromatic carbocycles. The highest BCUT2D eigenvalue weighted by Gasteiger charge is 2.31. The lowest BCUT2D eigenvalue weighted by atomic mass is 10.1. The second-order valence-corrected chi connectivity index (χ2v) is 6.02. The average Bonchev–Trinajstić information content (AvgIpc) is 3.12. The van der Waals surface area contributed by atoms with Crippen molar-refractivity contribution in [3.8, 4) is 17.1 Å². The first kappa shape index (κ1) is 20.2. The number of nitro groups is 1. The number of ether oxygens (including phenoxy) is 1. The molecule has 1 heterocycles. The number of nitrogens with zero attached hydrogens (tertiary/aromatic N) is 1. The molecule has 3 aromatic rings. The van der Waals surface area contributed by atoms with Crippen LogP contribution in [0.15, 0.2) is 59.0 Å². The summed E-state index contributed by atoms with van der Waals surface area (Å²) in [5.74, 6) is -0.962. The Morgan fingerprint density at radius 3 is 2.38 bits per heavy atom. The number of non-ortho nitro benzene ring substituents is 1. The zero-order valence-electron chi connectivity index (χ0n) is 14.2. The molecule has 1 N–H and O–H groups in total. The van der Waals surface area contributed by atoms with Gasteiger partial charge in [0.1, 0.15) is 11.5 Å². The van der Waals surface area contributed by atoms with Gasteiger partial charge >= 0.3 is 6.36 Å². The van der Waals surface area contributed by atoms with E-state index in [9.17, 15) is 28.1 Å².